The molecule has 1 aromatic heterocycles. The molecule has 2 unspecified atom stereocenters. The number of rotatable bonds is 5. The predicted molar refractivity (Wildman–Crippen MR) is 121 cm³/mol. The zero-order valence-electron chi connectivity index (χ0n) is 17.7. The molecular weight excluding hydrogens is 448 g/mol. The van der Waals surface area contributed by atoms with Crippen LogP contribution in [-0.2, 0) is 4.79 Å². The molecule has 1 saturated heterocycles. The third-order valence-electron chi connectivity index (χ3n) is 5.37. The number of aryl methyl sites for hydroxylation is 1. The molecule has 4 rings (SSSR count). The van der Waals surface area contributed by atoms with Crippen molar-refractivity contribution in [3.05, 3.63) is 59.4 Å². The van der Waals surface area contributed by atoms with Gasteiger partial charge in [-0.05, 0) is 30.7 Å². The summed E-state index contributed by atoms with van der Waals surface area (Å²) in [6.45, 7) is 0.723. The van der Waals surface area contributed by atoms with E-state index in [9.17, 15) is 18.4 Å². The van der Waals surface area contributed by atoms with Crippen LogP contribution in [0.5, 0.6) is 0 Å². The molecule has 0 aliphatic carbocycles. The van der Waals surface area contributed by atoms with Gasteiger partial charge in [-0.3, -0.25) is 14.6 Å². The lowest BCUT2D eigenvalue weighted by atomic mass is 10.1. The lowest BCUT2D eigenvalue weighted by Gasteiger charge is -2.19. The first kappa shape index (κ1) is 22.7. The fourth-order valence-electron chi connectivity index (χ4n) is 3.75. The van der Waals surface area contributed by atoms with Gasteiger partial charge in [0.2, 0.25) is 5.91 Å². The van der Waals surface area contributed by atoms with E-state index in [-0.39, 0.29) is 5.37 Å². The van der Waals surface area contributed by atoms with Gasteiger partial charge in [0, 0.05) is 40.5 Å². The number of hydrogen-bond donors (Lipinski definition) is 2. The van der Waals surface area contributed by atoms with Crippen LogP contribution in [0.2, 0.25) is 0 Å². The van der Waals surface area contributed by atoms with Crippen LogP contribution in [0.15, 0.2) is 47.6 Å². The van der Waals surface area contributed by atoms with Crippen molar-refractivity contribution >= 4 is 35.3 Å². The summed E-state index contributed by atoms with van der Waals surface area (Å²) in [6, 6.07) is 8.22. The number of fused-ring (bicyclic) bond motifs is 1. The molecule has 0 bridgehead atoms. The van der Waals surface area contributed by atoms with E-state index in [4.69, 9.17) is 5.26 Å². The standard InChI is InChI=1S/C23H21F2N5O2S/c1-14-2-4-19-18(8-14)29-20(33-19)5-3-15-11-27-7-6-17(15)22(32)28-12-21(31)30-13-23(24,25)9-16(30)10-26/h2-8,11,16,20,29H,9,12-13H2,1H3,(H,28,32)/b5-3+. The van der Waals surface area contributed by atoms with E-state index in [1.165, 1.54) is 18.5 Å². The molecule has 2 N–H and O–H groups in total. The fraction of sp³-hybridized carbons (Fsp3) is 0.304. The molecule has 7 nitrogen and oxygen atoms in total. The lowest BCUT2D eigenvalue weighted by molar-refractivity contribution is -0.131. The van der Waals surface area contributed by atoms with E-state index in [0.717, 1.165) is 21.0 Å². The van der Waals surface area contributed by atoms with Crippen molar-refractivity contribution in [1.29, 1.82) is 5.26 Å². The van der Waals surface area contributed by atoms with Gasteiger partial charge in [0.1, 0.15) is 6.04 Å². The number of benzene rings is 1. The number of thioether (sulfide) groups is 1. The van der Waals surface area contributed by atoms with Crippen molar-refractivity contribution in [2.45, 2.75) is 35.6 Å². The summed E-state index contributed by atoms with van der Waals surface area (Å²) in [5.41, 5.74) is 3.07. The summed E-state index contributed by atoms with van der Waals surface area (Å²) >= 11 is 1.65. The first-order chi connectivity index (χ1) is 15.8. The number of nitriles is 1. The number of likely N-dealkylation sites (tertiary alicyclic amines) is 1. The molecule has 10 heteroatoms. The van der Waals surface area contributed by atoms with Crippen molar-refractivity contribution in [3.8, 4) is 6.07 Å². The second-order valence-electron chi connectivity index (χ2n) is 7.91. The summed E-state index contributed by atoms with van der Waals surface area (Å²) in [4.78, 5) is 31.1. The van der Waals surface area contributed by atoms with Crippen molar-refractivity contribution in [3.63, 3.8) is 0 Å². The summed E-state index contributed by atoms with van der Waals surface area (Å²) in [6.07, 6.45) is 6.00. The Balaban J connectivity index is 1.39. The van der Waals surface area contributed by atoms with Crippen LogP contribution in [0.25, 0.3) is 6.08 Å². The SMILES string of the molecule is Cc1ccc2c(c1)NC(/C=C/c1cnccc1C(=O)NCC(=O)N1CC(F)(F)CC1C#N)S2. The van der Waals surface area contributed by atoms with Gasteiger partial charge in [-0.1, -0.05) is 30.0 Å². The fourth-order valence-corrected chi connectivity index (χ4v) is 4.76. The maximum atomic E-state index is 13.6. The zero-order chi connectivity index (χ0) is 23.6. The molecule has 2 aliphatic heterocycles. The highest BCUT2D eigenvalue weighted by molar-refractivity contribution is 8.00. The number of amides is 2. The van der Waals surface area contributed by atoms with Gasteiger partial charge in [0.05, 0.1) is 24.5 Å². The van der Waals surface area contributed by atoms with Gasteiger partial charge in [0.15, 0.2) is 0 Å². The number of alkyl halides is 2. The van der Waals surface area contributed by atoms with E-state index in [1.54, 1.807) is 23.9 Å². The summed E-state index contributed by atoms with van der Waals surface area (Å²) in [5, 5.41) is 14.9. The predicted octanol–water partition coefficient (Wildman–Crippen LogP) is 3.44. The Labute approximate surface area is 193 Å². The number of hydrogen-bond acceptors (Lipinski definition) is 6. The van der Waals surface area contributed by atoms with Crippen LogP contribution in [0.3, 0.4) is 0 Å². The molecule has 3 heterocycles. The third-order valence-corrected chi connectivity index (χ3v) is 6.51. The molecule has 0 saturated carbocycles. The molecule has 0 spiro atoms. The van der Waals surface area contributed by atoms with Crippen molar-refractivity contribution in [2.75, 3.05) is 18.4 Å². The van der Waals surface area contributed by atoms with Gasteiger partial charge in [0.25, 0.3) is 11.8 Å². The first-order valence-corrected chi connectivity index (χ1v) is 11.1. The normalized spacial score (nSPS) is 20.8. The van der Waals surface area contributed by atoms with Crippen LogP contribution < -0.4 is 10.6 Å². The van der Waals surface area contributed by atoms with Crippen molar-refractivity contribution in [2.24, 2.45) is 0 Å². The molecule has 1 fully saturated rings. The summed E-state index contributed by atoms with van der Waals surface area (Å²) < 4.78 is 27.1. The van der Waals surface area contributed by atoms with Crippen LogP contribution in [-0.4, -0.2) is 52.1 Å². The highest BCUT2D eigenvalue weighted by atomic mass is 32.2. The van der Waals surface area contributed by atoms with E-state index in [0.29, 0.717) is 11.1 Å². The van der Waals surface area contributed by atoms with E-state index >= 15 is 0 Å². The molecule has 2 amide bonds. The van der Waals surface area contributed by atoms with Crippen LogP contribution in [0, 0.1) is 18.3 Å². The molecular formula is C23H21F2N5O2S. The van der Waals surface area contributed by atoms with Crippen LogP contribution in [0.4, 0.5) is 14.5 Å². The number of pyridine rings is 1. The second-order valence-corrected chi connectivity index (χ2v) is 9.10. The van der Waals surface area contributed by atoms with Gasteiger partial charge >= 0.3 is 0 Å². The van der Waals surface area contributed by atoms with Crippen molar-refractivity contribution < 1.29 is 18.4 Å². The highest BCUT2D eigenvalue weighted by Gasteiger charge is 2.47. The smallest absolute Gasteiger partial charge is 0.268 e. The number of carbonyl (C=O) groups is 2. The Morgan fingerprint density at radius 1 is 1.42 bits per heavy atom. The highest BCUT2D eigenvalue weighted by Crippen LogP contribution is 2.39. The molecule has 0 radical (unpaired) electrons. The minimum absolute atomic E-state index is 0.0146. The van der Waals surface area contributed by atoms with E-state index < -0.39 is 43.3 Å². The Kier molecular flexibility index (Phi) is 6.33. The summed E-state index contributed by atoms with van der Waals surface area (Å²) in [5.74, 6) is -4.36. The minimum atomic E-state index is -3.10. The van der Waals surface area contributed by atoms with Crippen LogP contribution in [0.1, 0.15) is 27.9 Å². The molecule has 2 aliphatic rings. The summed E-state index contributed by atoms with van der Waals surface area (Å²) in [7, 11) is 0. The Hall–Kier alpha value is -3.45. The molecule has 33 heavy (non-hydrogen) atoms. The molecule has 2 atom stereocenters. The average molecular weight is 470 g/mol. The number of aromatic nitrogens is 1. The zero-order valence-corrected chi connectivity index (χ0v) is 18.5. The van der Waals surface area contributed by atoms with Gasteiger partial charge in [-0.15, -0.1) is 0 Å². The maximum absolute atomic E-state index is 13.6. The molecule has 2 aromatic rings. The van der Waals surface area contributed by atoms with E-state index in [1.807, 2.05) is 19.1 Å². The van der Waals surface area contributed by atoms with Crippen molar-refractivity contribution in [1.82, 2.24) is 15.2 Å². The molecule has 1 aromatic carbocycles. The van der Waals surface area contributed by atoms with Gasteiger partial charge in [-0.25, -0.2) is 8.78 Å². The lowest BCUT2D eigenvalue weighted by Crippen LogP contribution is -2.43. The minimum Gasteiger partial charge on any atom is -0.369 e. The topological polar surface area (TPSA) is 98.1 Å². The Morgan fingerprint density at radius 2 is 2.24 bits per heavy atom. The van der Waals surface area contributed by atoms with E-state index in [2.05, 4.69) is 27.8 Å². The molecule has 170 valence electrons. The maximum Gasteiger partial charge on any atom is 0.268 e. The average Bonchev–Trinajstić information content (AvgIpc) is 3.34. The quantitative estimate of drug-likeness (QED) is 0.696. The Morgan fingerprint density at radius 3 is 3.03 bits per heavy atom. The monoisotopic (exact) mass is 469 g/mol. The number of halogens is 2. The number of carbonyl (C=O) groups excluding carboxylic acids is 2. The first-order valence-electron chi connectivity index (χ1n) is 10.3. The van der Waals surface area contributed by atoms with Gasteiger partial charge in [-0.2, -0.15) is 5.26 Å². The number of anilines is 1. The third kappa shape index (κ3) is 5.14. The second kappa shape index (κ2) is 9.19. The Bertz CT molecular complexity index is 1160. The number of nitrogens with one attached hydrogen (secondary N) is 2. The van der Waals surface area contributed by atoms with Crippen LogP contribution >= 0.6 is 11.8 Å². The largest absolute Gasteiger partial charge is 0.369 e. The number of nitrogens with zero attached hydrogens (tertiary/aromatic N) is 3. The van der Waals surface area contributed by atoms with Gasteiger partial charge < -0.3 is 15.5 Å².